The number of nitrogens with zero attached hydrogens (tertiary/aromatic N) is 2. The van der Waals surface area contributed by atoms with Crippen LogP contribution in [0.25, 0.3) is 10.8 Å². The Morgan fingerprint density at radius 2 is 1.38 bits per heavy atom. The molecule has 0 spiro atoms. The molecule has 26 heavy (non-hydrogen) atoms. The van der Waals surface area contributed by atoms with Gasteiger partial charge >= 0.3 is 12.2 Å². The third-order valence-electron chi connectivity index (χ3n) is 3.09. The number of halogens is 1. The Labute approximate surface area is 161 Å². The number of aromatic nitrogens is 1. The molecule has 1 aromatic heterocycles. The van der Waals surface area contributed by atoms with Crippen LogP contribution < -0.4 is 4.90 Å². The average Bonchev–Trinajstić information content (AvgIpc) is 2.46. The summed E-state index contributed by atoms with van der Waals surface area (Å²) >= 11 is 3.44. The SMILES string of the molecule is CC(C)(C)OC(=O)N(C(=O)OC(C)(C)C)c1ncc(Br)c2ccccc12. The van der Waals surface area contributed by atoms with E-state index in [1.54, 1.807) is 53.8 Å². The zero-order valence-corrected chi connectivity index (χ0v) is 17.4. The smallest absolute Gasteiger partial charge is 0.425 e. The Hall–Kier alpha value is -2.15. The molecule has 0 aliphatic heterocycles. The molecule has 0 aliphatic rings. The highest BCUT2D eigenvalue weighted by Gasteiger charge is 2.34. The lowest BCUT2D eigenvalue weighted by atomic mass is 10.1. The Morgan fingerprint density at radius 1 is 0.923 bits per heavy atom. The number of rotatable bonds is 1. The fourth-order valence-electron chi connectivity index (χ4n) is 2.18. The standard InChI is InChI=1S/C19H23BrN2O4/c1-18(2,3)25-16(23)22(17(24)26-19(4,5)6)15-13-10-8-7-9-12(13)14(20)11-21-15/h7-11H,1-6H3. The van der Waals surface area contributed by atoms with E-state index < -0.39 is 23.4 Å². The molecular formula is C19H23BrN2O4. The molecule has 2 amide bonds. The Morgan fingerprint density at radius 3 is 1.85 bits per heavy atom. The average molecular weight is 423 g/mol. The van der Waals surface area contributed by atoms with E-state index in [2.05, 4.69) is 20.9 Å². The molecule has 1 heterocycles. The molecule has 6 nitrogen and oxygen atoms in total. The van der Waals surface area contributed by atoms with E-state index in [4.69, 9.17) is 9.47 Å². The second-order valence-electron chi connectivity index (χ2n) is 7.77. The Bertz CT molecular complexity index is 810. The Kier molecular flexibility index (Phi) is 5.61. The fourth-order valence-corrected chi connectivity index (χ4v) is 2.63. The maximum absolute atomic E-state index is 12.8. The van der Waals surface area contributed by atoms with Crippen LogP contribution in [0.15, 0.2) is 34.9 Å². The molecular weight excluding hydrogens is 400 g/mol. The number of benzene rings is 1. The second kappa shape index (κ2) is 7.23. The molecule has 0 N–H and O–H groups in total. The van der Waals surface area contributed by atoms with Crippen LogP contribution >= 0.6 is 15.9 Å². The fraction of sp³-hybridized carbons (Fsp3) is 0.421. The summed E-state index contributed by atoms with van der Waals surface area (Å²) in [6.45, 7) is 10.4. The van der Waals surface area contributed by atoms with Crippen LogP contribution in [0.1, 0.15) is 41.5 Å². The molecule has 0 fully saturated rings. The van der Waals surface area contributed by atoms with Crippen LogP contribution in [0.4, 0.5) is 15.4 Å². The summed E-state index contributed by atoms with van der Waals surface area (Å²) < 4.78 is 11.6. The summed E-state index contributed by atoms with van der Waals surface area (Å²) in [5.74, 6) is 0.160. The van der Waals surface area contributed by atoms with E-state index in [1.807, 2.05) is 18.2 Å². The van der Waals surface area contributed by atoms with Crippen molar-refractivity contribution in [2.24, 2.45) is 0 Å². The zero-order chi connectivity index (χ0) is 19.7. The van der Waals surface area contributed by atoms with Crippen molar-refractivity contribution in [3.05, 3.63) is 34.9 Å². The topological polar surface area (TPSA) is 68.7 Å². The normalized spacial score (nSPS) is 12.0. The van der Waals surface area contributed by atoms with Gasteiger partial charge in [-0.3, -0.25) is 0 Å². The van der Waals surface area contributed by atoms with Crippen LogP contribution in [0.2, 0.25) is 0 Å². The molecule has 0 bridgehead atoms. The van der Waals surface area contributed by atoms with Crippen molar-refractivity contribution in [2.45, 2.75) is 52.7 Å². The summed E-state index contributed by atoms with van der Waals surface area (Å²) in [6, 6.07) is 7.32. The van der Waals surface area contributed by atoms with Gasteiger partial charge in [0.1, 0.15) is 11.2 Å². The monoisotopic (exact) mass is 422 g/mol. The van der Waals surface area contributed by atoms with Crippen LogP contribution in [-0.4, -0.2) is 28.4 Å². The van der Waals surface area contributed by atoms with Crippen LogP contribution in [-0.2, 0) is 9.47 Å². The number of hydrogen-bond donors (Lipinski definition) is 0. The van der Waals surface area contributed by atoms with E-state index in [9.17, 15) is 9.59 Å². The molecule has 2 rings (SSSR count). The number of ether oxygens (including phenoxy) is 2. The summed E-state index contributed by atoms with van der Waals surface area (Å²) in [5.41, 5.74) is -1.55. The number of anilines is 1. The molecule has 7 heteroatoms. The van der Waals surface area contributed by atoms with Crippen molar-refractivity contribution in [2.75, 3.05) is 4.90 Å². The van der Waals surface area contributed by atoms with E-state index in [0.717, 1.165) is 14.8 Å². The minimum absolute atomic E-state index is 0.160. The molecule has 0 aliphatic carbocycles. The number of amides is 2. The van der Waals surface area contributed by atoms with Crippen LogP contribution in [0.3, 0.4) is 0 Å². The van der Waals surface area contributed by atoms with Crippen molar-refractivity contribution >= 4 is 44.7 Å². The van der Waals surface area contributed by atoms with Crippen molar-refractivity contribution < 1.29 is 19.1 Å². The molecule has 0 atom stereocenters. The van der Waals surface area contributed by atoms with E-state index >= 15 is 0 Å². The molecule has 1 aromatic carbocycles. The molecule has 0 unspecified atom stereocenters. The first-order chi connectivity index (χ1) is 11.9. The summed E-state index contributed by atoms with van der Waals surface area (Å²) in [6.07, 6.45) is -0.141. The summed E-state index contributed by atoms with van der Waals surface area (Å²) in [7, 11) is 0. The first-order valence-corrected chi connectivity index (χ1v) is 8.98. The second-order valence-corrected chi connectivity index (χ2v) is 8.63. The minimum atomic E-state index is -0.841. The lowest BCUT2D eigenvalue weighted by molar-refractivity contribution is 0.0429. The van der Waals surface area contributed by atoms with Gasteiger partial charge in [-0.25, -0.2) is 14.6 Å². The van der Waals surface area contributed by atoms with Gasteiger partial charge in [0.15, 0.2) is 5.82 Å². The summed E-state index contributed by atoms with van der Waals surface area (Å²) in [5, 5.41) is 1.44. The number of imide groups is 1. The molecule has 0 saturated carbocycles. The number of carbonyl (C=O) groups excluding carboxylic acids is 2. The quantitative estimate of drug-likeness (QED) is 0.591. The van der Waals surface area contributed by atoms with Gasteiger partial charge in [-0.1, -0.05) is 24.3 Å². The van der Waals surface area contributed by atoms with Crippen LogP contribution in [0.5, 0.6) is 0 Å². The van der Waals surface area contributed by atoms with E-state index in [0.29, 0.717) is 5.39 Å². The number of carbonyl (C=O) groups is 2. The maximum atomic E-state index is 12.8. The number of fused-ring (bicyclic) bond motifs is 1. The first kappa shape index (κ1) is 20.2. The zero-order valence-electron chi connectivity index (χ0n) is 15.8. The highest BCUT2D eigenvalue weighted by atomic mass is 79.9. The van der Waals surface area contributed by atoms with Gasteiger partial charge in [0.25, 0.3) is 0 Å². The van der Waals surface area contributed by atoms with Gasteiger partial charge in [0.2, 0.25) is 0 Å². The summed E-state index contributed by atoms with van der Waals surface area (Å²) in [4.78, 5) is 30.7. The molecule has 0 radical (unpaired) electrons. The number of hydrogen-bond acceptors (Lipinski definition) is 5. The van der Waals surface area contributed by atoms with Crippen molar-refractivity contribution in [1.82, 2.24) is 4.98 Å². The minimum Gasteiger partial charge on any atom is -0.443 e. The molecule has 2 aromatic rings. The first-order valence-electron chi connectivity index (χ1n) is 8.18. The maximum Gasteiger partial charge on any atom is 0.425 e. The van der Waals surface area contributed by atoms with Crippen molar-refractivity contribution in [1.29, 1.82) is 0 Å². The van der Waals surface area contributed by atoms with E-state index in [-0.39, 0.29) is 5.82 Å². The predicted octanol–water partition coefficient (Wildman–Crippen LogP) is 5.67. The number of pyridine rings is 1. The lowest BCUT2D eigenvalue weighted by Crippen LogP contribution is -2.44. The van der Waals surface area contributed by atoms with Gasteiger partial charge < -0.3 is 9.47 Å². The van der Waals surface area contributed by atoms with Crippen molar-refractivity contribution in [3.8, 4) is 0 Å². The Balaban J connectivity index is 2.59. The molecule has 0 saturated heterocycles. The van der Waals surface area contributed by atoms with Crippen LogP contribution in [0, 0.1) is 0 Å². The highest BCUT2D eigenvalue weighted by molar-refractivity contribution is 9.10. The largest absolute Gasteiger partial charge is 0.443 e. The van der Waals surface area contributed by atoms with Gasteiger partial charge in [-0.15, -0.1) is 0 Å². The van der Waals surface area contributed by atoms with Crippen molar-refractivity contribution in [3.63, 3.8) is 0 Å². The lowest BCUT2D eigenvalue weighted by Gasteiger charge is -2.28. The predicted molar refractivity (Wildman–Crippen MR) is 104 cm³/mol. The highest BCUT2D eigenvalue weighted by Crippen LogP contribution is 2.31. The molecule has 140 valence electrons. The van der Waals surface area contributed by atoms with Gasteiger partial charge in [-0.2, -0.15) is 4.90 Å². The van der Waals surface area contributed by atoms with Gasteiger partial charge in [0.05, 0.1) is 0 Å². The third kappa shape index (κ3) is 4.94. The van der Waals surface area contributed by atoms with Gasteiger partial charge in [-0.05, 0) is 57.5 Å². The van der Waals surface area contributed by atoms with Gasteiger partial charge in [0, 0.05) is 21.4 Å². The van der Waals surface area contributed by atoms with E-state index in [1.165, 1.54) is 0 Å². The third-order valence-corrected chi connectivity index (χ3v) is 3.72.